The van der Waals surface area contributed by atoms with Crippen molar-refractivity contribution in [1.82, 2.24) is 5.32 Å². The second kappa shape index (κ2) is 6.24. The van der Waals surface area contributed by atoms with Crippen molar-refractivity contribution in [3.63, 3.8) is 0 Å². The minimum atomic E-state index is -0.0629. The molecule has 0 saturated carbocycles. The summed E-state index contributed by atoms with van der Waals surface area (Å²) in [5.41, 5.74) is 7.46. The van der Waals surface area contributed by atoms with Crippen molar-refractivity contribution in [3.8, 4) is 5.75 Å². The minimum Gasteiger partial charge on any atom is -0.492 e. The lowest BCUT2D eigenvalue weighted by atomic mass is 10.2. The van der Waals surface area contributed by atoms with Gasteiger partial charge in [-0.1, -0.05) is 6.07 Å². The van der Waals surface area contributed by atoms with Crippen LogP contribution in [0.2, 0.25) is 0 Å². The van der Waals surface area contributed by atoms with Gasteiger partial charge in [0.05, 0.1) is 11.4 Å². The molecule has 1 aromatic heterocycles. The number of hydrogen-bond donors (Lipinski definition) is 2. The van der Waals surface area contributed by atoms with Gasteiger partial charge in [-0.05, 0) is 42.1 Å². The van der Waals surface area contributed by atoms with E-state index in [1.54, 1.807) is 6.07 Å². The lowest BCUT2D eigenvalue weighted by molar-refractivity contribution is 0.0951. The summed E-state index contributed by atoms with van der Waals surface area (Å²) in [6.07, 6.45) is 0. The SMILES string of the molecule is Cc1cc(OCCNC(=O)c2cccs2)ccc1N. The Balaban J connectivity index is 1.75. The number of anilines is 1. The summed E-state index contributed by atoms with van der Waals surface area (Å²) in [7, 11) is 0. The van der Waals surface area contributed by atoms with Gasteiger partial charge in [-0.25, -0.2) is 0 Å². The molecular formula is C14H16N2O2S. The van der Waals surface area contributed by atoms with Crippen molar-refractivity contribution in [2.24, 2.45) is 0 Å². The fourth-order valence-electron chi connectivity index (χ4n) is 1.57. The zero-order chi connectivity index (χ0) is 13.7. The molecule has 0 spiro atoms. The molecule has 0 bridgehead atoms. The molecule has 2 aromatic rings. The third-order valence-electron chi connectivity index (χ3n) is 2.64. The molecular weight excluding hydrogens is 260 g/mol. The number of amides is 1. The van der Waals surface area contributed by atoms with Crippen LogP contribution in [0.25, 0.3) is 0 Å². The lowest BCUT2D eigenvalue weighted by Crippen LogP contribution is -2.27. The first-order chi connectivity index (χ1) is 9.16. The van der Waals surface area contributed by atoms with E-state index in [9.17, 15) is 4.79 Å². The highest BCUT2D eigenvalue weighted by atomic mass is 32.1. The van der Waals surface area contributed by atoms with Gasteiger partial charge in [0.15, 0.2) is 0 Å². The Bertz CT molecular complexity index is 553. The molecule has 2 rings (SSSR count). The number of nitrogens with two attached hydrogens (primary N) is 1. The van der Waals surface area contributed by atoms with Crippen LogP contribution in [-0.2, 0) is 0 Å². The molecule has 0 aliphatic carbocycles. The summed E-state index contributed by atoms with van der Waals surface area (Å²) in [5.74, 6) is 0.698. The van der Waals surface area contributed by atoms with E-state index in [0.717, 1.165) is 17.0 Å². The number of nitrogen functional groups attached to an aromatic ring is 1. The van der Waals surface area contributed by atoms with Crippen LogP contribution in [0.5, 0.6) is 5.75 Å². The summed E-state index contributed by atoms with van der Waals surface area (Å²) in [4.78, 5) is 12.4. The smallest absolute Gasteiger partial charge is 0.261 e. The zero-order valence-electron chi connectivity index (χ0n) is 10.7. The fraction of sp³-hybridized carbons (Fsp3) is 0.214. The van der Waals surface area contributed by atoms with E-state index in [2.05, 4.69) is 5.32 Å². The average Bonchev–Trinajstić information content (AvgIpc) is 2.92. The zero-order valence-corrected chi connectivity index (χ0v) is 11.5. The molecule has 0 atom stereocenters. The minimum absolute atomic E-state index is 0.0629. The summed E-state index contributed by atoms with van der Waals surface area (Å²) in [6.45, 7) is 2.83. The largest absolute Gasteiger partial charge is 0.492 e. The molecule has 1 heterocycles. The Morgan fingerprint density at radius 3 is 2.95 bits per heavy atom. The van der Waals surface area contributed by atoms with Gasteiger partial charge in [0.1, 0.15) is 12.4 Å². The van der Waals surface area contributed by atoms with E-state index in [-0.39, 0.29) is 5.91 Å². The Morgan fingerprint density at radius 2 is 2.26 bits per heavy atom. The molecule has 0 aliphatic heterocycles. The highest BCUT2D eigenvalue weighted by Gasteiger charge is 2.05. The van der Waals surface area contributed by atoms with Crippen LogP contribution in [0, 0.1) is 6.92 Å². The Labute approximate surface area is 116 Å². The number of carbonyl (C=O) groups is 1. The molecule has 100 valence electrons. The van der Waals surface area contributed by atoms with Gasteiger partial charge in [-0.2, -0.15) is 0 Å². The van der Waals surface area contributed by atoms with Crippen molar-refractivity contribution in [3.05, 3.63) is 46.2 Å². The van der Waals surface area contributed by atoms with Crippen molar-refractivity contribution < 1.29 is 9.53 Å². The van der Waals surface area contributed by atoms with Crippen LogP contribution < -0.4 is 15.8 Å². The quantitative estimate of drug-likeness (QED) is 0.651. The fourth-order valence-corrected chi connectivity index (χ4v) is 2.21. The summed E-state index contributed by atoms with van der Waals surface area (Å²) in [5, 5.41) is 4.68. The Morgan fingerprint density at radius 1 is 1.42 bits per heavy atom. The number of ether oxygens (including phenoxy) is 1. The maximum atomic E-state index is 11.6. The third kappa shape index (κ3) is 3.72. The van der Waals surface area contributed by atoms with Crippen LogP contribution in [-0.4, -0.2) is 19.1 Å². The molecule has 1 amide bonds. The highest BCUT2D eigenvalue weighted by molar-refractivity contribution is 7.12. The number of benzene rings is 1. The summed E-state index contributed by atoms with van der Waals surface area (Å²) < 4.78 is 5.54. The number of hydrogen-bond acceptors (Lipinski definition) is 4. The predicted octanol–water partition coefficient (Wildman–Crippen LogP) is 2.45. The lowest BCUT2D eigenvalue weighted by Gasteiger charge is -2.08. The van der Waals surface area contributed by atoms with Crippen LogP contribution in [0.3, 0.4) is 0 Å². The van der Waals surface area contributed by atoms with Gasteiger partial charge >= 0.3 is 0 Å². The van der Waals surface area contributed by atoms with E-state index in [4.69, 9.17) is 10.5 Å². The molecule has 0 aliphatic rings. The van der Waals surface area contributed by atoms with Crippen LogP contribution >= 0.6 is 11.3 Å². The number of nitrogens with one attached hydrogen (secondary N) is 1. The monoisotopic (exact) mass is 276 g/mol. The Hall–Kier alpha value is -2.01. The molecule has 1 aromatic carbocycles. The molecule has 0 fully saturated rings. The van der Waals surface area contributed by atoms with Gasteiger partial charge in [-0.15, -0.1) is 11.3 Å². The van der Waals surface area contributed by atoms with Crippen LogP contribution in [0.4, 0.5) is 5.69 Å². The summed E-state index contributed by atoms with van der Waals surface area (Å²) in [6, 6.07) is 9.17. The first-order valence-electron chi connectivity index (χ1n) is 5.97. The van der Waals surface area contributed by atoms with Gasteiger partial charge in [0.2, 0.25) is 0 Å². The first-order valence-corrected chi connectivity index (χ1v) is 6.85. The standard InChI is InChI=1S/C14H16N2O2S/c1-10-9-11(4-5-12(10)15)18-7-6-16-14(17)13-3-2-8-19-13/h2-5,8-9H,6-7,15H2,1H3,(H,16,17). The van der Waals surface area contributed by atoms with E-state index in [1.165, 1.54) is 11.3 Å². The van der Waals surface area contributed by atoms with Crippen molar-refractivity contribution in [1.29, 1.82) is 0 Å². The molecule has 0 unspecified atom stereocenters. The topological polar surface area (TPSA) is 64.3 Å². The highest BCUT2D eigenvalue weighted by Crippen LogP contribution is 2.18. The van der Waals surface area contributed by atoms with Crippen molar-refractivity contribution >= 4 is 22.9 Å². The van der Waals surface area contributed by atoms with Gasteiger partial charge in [0.25, 0.3) is 5.91 Å². The predicted molar refractivity (Wildman–Crippen MR) is 77.7 cm³/mol. The van der Waals surface area contributed by atoms with E-state index in [1.807, 2.05) is 36.6 Å². The van der Waals surface area contributed by atoms with E-state index >= 15 is 0 Å². The van der Waals surface area contributed by atoms with E-state index in [0.29, 0.717) is 18.0 Å². The van der Waals surface area contributed by atoms with Crippen LogP contribution in [0.15, 0.2) is 35.7 Å². The average molecular weight is 276 g/mol. The Kier molecular flexibility index (Phi) is 4.41. The number of aryl methyl sites for hydroxylation is 1. The van der Waals surface area contributed by atoms with Crippen molar-refractivity contribution in [2.45, 2.75) is 6.92 Å². The third-order valence-corrected chi connectivity index (χ3v) is 3.51. The second-order valence-electron chi connectivity index (χ2n) is 4.10. The molecule has 0 radical (unpaired) electrons. The second-order valence-corrected chi connectivity index (χ2v) is 5.05. The molecule has 4 nitrogen and oxygen atoms in total. The summed E-state index contributed by atoms with van der Waals surface area (Å²) >= 11 is 1.42. The van der Waals surface area contributed by atoms with Gasteiger partial charge in [-0.3, -0.25) is 4.79 Å². The maximum absolute atomic E-state index is 11.6. The van der Waals surface area contributed by atoms with E-state index < -0.39 is 0 Å². The number of rotatable bonds is 5. The van der Waals surface area contributed by atoms with Gasteiger partial charge in [0, 0.05) is 5.69 Å². The van der Waals surface area contributed by atoms with Gasteiger partial charge < -0.3 is 15.8 Å². The number of thiophene rings is 1. The molecule has 19 heavy (non-hydrogen) atoms. The first kappa shape index (κ1) is 13.4. The maximum Gasteiger partial charge on any atom is 0.261 e. The normalized spacial score (nSPS) is 10.2. The van der Waals surface area contributed by atoms with Crippen molar-refractivity contribution in [2.75, 3.05) is 18.9 Å². The number of carbonyl (C=O) groups excluding carboxylic acids is 1. The molecule has 5 heteroatoms. The molecule has 3 N–H and O–H groups in total. The molecule has 0 saturated heterocycles. The van der Waals surface area contributed by atoms with Crippen LogP contribution in [0.1, 0.15) is 15.2 Å².